The number of piperazine rings is 1. The van der Waals surface area contributed by atoms with Gasteiger partial charge in [0.1, 0.15) is 0 Å². The number of halogens is 1. The fourth-order valence-corrected chi connectivity index (χ4v) is 2.44. The minimum absolute atomic E-state index is 0.00858. The smallest absolute Gasteiger partial charge is 0.321 e. The third-order valence-corrected chi connectivity index (χ3v) is 3.96. The predicted molar refractivity (Wildman–Crippen MR) is 81.4 cm³/mol. The summed E-state index contributed by atoms with van der Waals surface area (Å²) in [7, 11) is 0. The van der Waals surface area contributed by atoms with E-state index in [9.17, 15) is 4.79 Å². The second kappa shape index (κ2) is 6.39. The molecule has 1 fully saturated rings. The number of hydrogen-bond acceptors (Lipinski definition) is 2. The summed E-state index contributed by atoms with van der Waals surface area (Å²) in [6, 6.07) is 8.18. The molecule has 0 unspecified atom stereocenters. The molecule has 0 atom stereocenters. The van der Waals surface area contributed by atoms with Crippen LogP contribution in [0, 0.1) is 0 Å². The number of amides is 2. The van der Waals surface area contributed by atoms with Gasteiger partial charge in [-0.25, -0.2) is 4.79 Å². The number of benzene rings is 1. The van der Waals surface area contributed by atoms with E-state index in [0.717, 1.165) is 36.3 Å². The fourth-order valence-electron chi connectivity index (χ4n) is 2.18. The van der Waals surface area contributed by atoms with E-state index >= 15 is 0 Å². The molecular weight excluding hydrogens is 306 g/mol. The van der Waals surface area contributed by atoms with Crippen LogP contribution >= 0.6 is 15.9 Å². The quantitative estimate of drug-likeness (QED) is 0.907. The molecule has 0 aliphatic carbocycles. The molecule has 2 rings (SSSR count). The molecule has 1 aliphatic heterocycles. The van der Waals surface area contributed by atoms with E-state index in [1.165, 1.54) is 0 Å². The number of rotatable bonds is 2. The summed E-state index contributed by atoms with van der Waals surface area (Å²) >= 11 is 3.38. The lowest BCUT2D eigenvalue weighted by molar-refractivity contribution is 0.125. The zero-order chi connectivity index (χ0) is 13.8. The minimum Gasteiger partial charge on any atom is -0.322 e. The highest BCUT2D eigenvalue weighted by Gasteiger charge is 2.22. The Morgan fingerprint density at radius 2 is 1.74 bits per heavy atom. The summed E-state index contributed by atoms with van der Waals surface area (Å²) in [5, 5.41) is 2.93. The average Bonchev–Trinajstić information content (AvgIpc) is 2.41. The maximum absolute atomic E-state index is 12.1. The van der Waals surface area contributed by atoms with Crippen LogP contribution in [0.4, 0.5) is 10.5 Å². The number of anilines is 1. The van der Waals surface area contributed by atoms with Crippen molar-refractivity contribution in [2.45, 2.75) is 19.9 Å². The molecule has 19 heavy (non-hydrogen) atoms. The van der Waals surface area contributed by atoms with Gasteiger partial charge in [-0.05, 0) is 38.1 Å². The van der Waals surface area contributed by atoms with Crippen LogP contribution < -0.4 is 5.32 Å². The molecule has 104 valence electrons. The predicted octanol–water partition coefficient (Wildman–Crippen LogP) is 3.01. The van der Waals surface area contributed by atoms with Crippen LogP contribution in [0.25, 0.3) is 0 Å². The maximum Gasteiger partial charge on any atom is 0.321 e. The van der Waals surface area contributed by atoms with Crippen LogP contribution in [0.3, 0.4) is 0 Å². The lowest BCUT2D eigenvalue weighted by atomic mass is 10.2. The Hall–Kier alpha value is -1.07. The lowest BCUT2D eigenvalue weighted by Gasteiger charge is -2.36. The summed E-state index contributed by atoms with van der Waals surface area (Å²) in [6.45, 7) is 7.87. The molecule has 5 heteroatoms. The maximum atomic E-state index is 12.1. The molecule has 4 nitrogen and oxygen atoms in total. The van der Waals surface area contributed by atoms with Crippen LogP contribution in [0.15, 0.2) is 28.7 Å². The SMILES string of the molecule is CC(C)N1CCN(C(=O)Nc2ccc(Br)cc2)CC1. The monoisotopic (exact) mass is 325 g/mol. The van der Waals surface area contributed by atoms with E-state index in [2.05, 4.69) is 40.0 Å². The first kappa shape index (κ1) is 14.3. The third kappa shape index (κ3) is 3.94. The van der Waals surface area contributed by atoms with Gasteiger partial charge in [0.25, 0.3) is 0 Å². The molecular formula is C14H20BrN3O. The van der Waals surface area contributed by atoms with Crippen molar-refractivity contribution >= 4 is 27.6 Å². The van der Waals surface area contributed by atoms with E-state index in [-0.39, 0.29) is 6.03 Å². The van der Waals surface area contributed by atoms with Gasteiger partial charge in [0.2, 0.25) is 0 Å². The number of urea groups is 1. The van der Waals surface area contributed by atoms with Gasteiger partial charge in [-0.15, -0.1) is 0 Å². The highest BCUT2D eigenvalue weighted by Crippen LogP contribution is 2.15. The van der Waals surface area contributed by atoms with E-state index in [4.69, 9.17) is 0 Å². The number of hydrogen-bond donors (Lipinski definition) is 1. The topological polar surface area (TPSA) is 35.6 Å². The van der Waals surface area contributed by atoms with Gasteiger partial charge < -0.3 is 10.2 Å². The molecule has 0 radical (unpaired) electrons. The Morgan fingerprint density at radius 3 is 2.26 bits per heavy atom. The first-order valence-corrected chi connectivity index (χ1v) is 7.41. The first-order chi connectivity index (χ1) is 9.06. The van der Waals surface area contributed by atoms with Crippen molar-refractivity contribution in [1.82, 2.24) is 9.80 Å². The zero-order valence-corrected chi connectivity index (χ0v) is 13.0. The molecule has 0 spiro atoms. The molecule has 0 bridgehead atoms. The van der Waals surface area contributed by atoms with E-state index < -0.39 is 0 Å². The van der Waals surface area contributed by atoms with Gasteiger partial charge >= 0.3 is 6.03 Å². The fraction of sp³-hybridized carbons (Fsp3) is 0.500. The van der Waals surface area contributed by atoms with Crippen LogP contribution in [0.5, 0.6) is 0 Å². The van der Waals surface area contributed by atoms with Crippen molar-refractivity contribution in [2.24, 2.45) is 0 Å². The molecule has 0 saturated carbocycles. The average molecular weight is 326 g/mol. The zero-order valence-electron chi connectivity index (χ0n) is 11.4. The van der Waals surface area contributed by atoms with Crippen molar-refractivity contribution < 1.29 is 4.79 Å². The van der Waals surface area contributed by atoms with Crippen molar-refractivity contribution in [1.29, 1.82) is 0 Å². The lowest BCUT2D eigenvalue weighted by Crippen LogP contribution is -2.51. The standard InChI is InChI=1S/C14H20BrN3O/c1-11(2)17-7-9-18(10-8-17)14(19)16-13-5-3-12(15)4-6-13/h3-6,11H,7-10H2,1-2H3,(H,16,19). The van der Waals surface area contributed by atoms with E-state index in [1.807, 2.05) is 29.2 Å². The van der Waals surface area contributed by atoms with Gasteiger partial charge in [-0.3, -0.25) is 4.90 Å². The van der Waals surface area contributed by atoms with Crippen molar-refractivity contribution in [3.63, 3.8) is 0 Å². The van der Waals surface area contributed by atoms with E-state index in [1.54, 1.807) is 0 Å². The van der Waals surface area contributed by atoms with Crippen LogP contribution in [0.2, 0.25) is 0 Å². The molecule has 1 aromatic carbocycles. The molecule has 1 N–H and O–H groups in total. The summed E-state index contributed by atoms with van der Waals surface area (Å²) in [6.07, 6.45) is 0. The normalized spacial score (nSPS) is 16.7. The largest absolute Gasteiger partial charge is 0.322 e. The highest BCUT2D eigenvalue weighted by atomic mass is 79.9. The summed E-state index contributed by atoms with van der Waals surface area (Å²) in [5.74, 6) is 0. The number of carbonyl (C=O) groups is 1. The number of nitrogens with zero attached hydrogens (tertiary/aromatic N) is 2. The van der Waals surface area contributed by atoms with Crippen LogP contribution in [-0.2, 0) is 0 Å². The molecule has 1 heterocycles. The van der Waals surface area contributed by atoms with Crippen molar-refractivity contribution in [2.75, 3.05) is 31.5 Å². The summed E-state index contributed by atoms with van der Waals surface area (Å²) < 4.78 is 1.01. The van der Waals surface area contributed by atoms with Crippen LogP contribution in [-0.4, -0.2) is 48.1 Å². The molecule has 0 aromatic heterocycles. The molecule has 2 amide bonds. The summed E-state index contributed by atoms with van der Waals surface area (Å²) in [4.78, 5) is 16.4. The van der Waals surface area contributed by atoms with Gasteiger partial charge in [-0.1, -0.05) is 15.9 Å². The second-order valence-electron chi connectivity index (χ2n) is 5.05. The van der Waals surface area contributed by atoms with Gasteiger partial charge in [-0.2, -0.15) is 0 Å². The second-order valence-corrected chi connectivity index (χ2v) is 5.97. The highest BCUT2D eigenvalue weighted by molar-refractivity contribution is 9.10. The Labute approximate surface area is 122 Å². The van der Waals surface area contributed by atoms with Crippen molar-refractivity contribution in [3.8, 4) is 0 Å². The minimum atomic E-state index is -0.00858. The van der Waals surface area contributed by atoms with Crippen molar-refractivity contribution in [3.05, 3.63) is 28.7 Å². The van der Waals surface area contributed by atoms with Gasteiger partial charge in [0.05, 0.1) is 0 Å². The van der Waals surface area contributed by atoms with Crippen LogP contribution in [0.1, 0.15) is 13.8 Å². The van der Waals surface area contributed by atoms with E-state index in [0.29, 0.717) is 6.04 Å². The Bertz CT molecular complexity index is 425. The number of carbonyl (C=O) groups excluding carboxylic acids is 1. The Kier molecular flexibility index (Phi) is 4.82. The van der Waals surface area contributed by atoms with Gasteiger partial charge in [0, 0.05) is 42.4 Å². The van der Waals surface area contributed by atoms with Gasteiger partial charge in [0.15, 0.2) is 0 Å². The Balaban J connectivity index is 1.86. The molecule has 1 aliphatic rings. The Morgan fingerprint density at radius 1 is 1.16 bits per heavy atom. The molecule has 1 aromatic rings. The third-order valence-electron chi connectivity index (χ3n) is 3.43. The molecule has 1 saturated heterocycles. The summed E-state index contributed by atoms with van der Waals surface area (Å²) in [5.41, 5.74) is 0.833. The number of nitrogens with one attached hydrogen (secondary N) is 1. The first-order valence-electron chi connectivity index (χ1n) is 6.62.